The number of aromatic nitrogens is 1. The Morgan fingerprint density at radius 2 is 1.78 bits per heavy atom. The molecule has 11 heteroatoms. The van der Waals surface area contributed by atoms with Gasteiger partial charge in [-0.3, -0.25) is 14.9 Å². The maximum atomic E-state index is 12.6. The lowest BCUT2D eigenvalue weighted by atomic mass is 10.1. The third-order valence-corrected chi connectivity index (χ3v) is 7.12. The van der Waals surface area contributed by atoms with E-state index in [9.17, 15) is 18.0 Å². The molecule has 8 nitrogen and oxygen atoms in total. The van der Waals surface area contributed by atoms with Gasteiger partial charge in [-0.05, 0) is 43.2 Å². The quantitative estimate of drug-likeness (QED) is 0.424. The molecule has 32 heavy (non-hydrogen) atoms. The Morgan fingerprint density at radius 3 is 2.44 bits per heavy atom. The summed E-state index contributed by atoms with van der Waals surface area (Å²) in [5, 5.41) is 6.14. The molecule has 3 rings (SSSR count). The minimum absolute atomic E-state index is 0.0756. The van der Waals surface area contributed by atoms with Crippen molar-refractivity contribution in [2.45, 2.75) is 26.8 Å². The van der Waals surface area contributed by atoms with Gasteiger partial charge in [-0.15, -0.1) is 22.7 Å². The third-order valence-electron chi connectivity index (χ3n) is 4.42. The van der Waals surface area contributed by atoms with Crippen LogP contribution >= 0.6 is 22.7 Å². The lowest BCUT2D eigenvalue weighted by Gasteiger charge is -2.05. The molecule has 0 saturated heterocycles. The van der Waals surface area contributed by atoms with Crippen LogP contribution in [-0.4, -0.2) is 38.0 Å². The van der Waals surface area contributed by atoms with Gasteiger partial charge in [0.15, 0.2) is 5.13 Å². The van der Waals surface area contributed by atoms with Crippen LogP contribution in [0.25, 0.3) is 10.6 Å². The highest BCUT2D eigenvalue weighted by Gasteiger charge is 2.15. The number of thiazole rings is 1. The highest BCUT2D eigenvalue weighted by Crippen LogP contribution is 2.34. The van der Waals surface area contributed by atoms with Gasteiger partial charge in [0.25, 0.3) is 5.91 Å². The molecule has 0 aliphatic heterocycles. The Kier molecular flexibility index (Phi) is 7.77. The fourth-order valence-electron chi connectivity index (χ4n) is 2.86. The van der Waals surface area contributed by atoms with E-state index >= 15 is 0 Å². The summed E-state index contributed by atoms with van der Waals surface area (Å²) in [7, 11) is -3.21. The van der Waals surface area contributed by atoms with Crippen LogP contribution in [0.4, 0.5) is 5.13 Å². The zero-order chi connectivity index (χ0) is 23.3. The number of carbonyl (C=O) groups excluding carboxylic acids is 2. The zero-order valence-corrected chi connectivity index (χ0v) is 20.3. The van der Waals surface area contributed by atoms with Gasteiger partial charge in [-0.25, -0.2) is 18.1 Å². The first kappa shape index (κ1) is 24.1. The summed E-state index contributed by atoms with van der Waals surface area (Å²) in [4.78, 5) is 31.3. The number of hydrogen-bond acceptors (Lipinski definition) is 7. The molecule has 0 saturated carbocycles. The van der Waals surface area contributed by atoms with Crippen molar-refractivity contribution in [2.75, 3.05) is 18.1 Å². The Labute approximate surface area is 195 Å². The van der Waals surface area contributed by atoms with Crippen LogP contribution < -0.4 is 15.4 Å². The molecule has 2 amide bonds. The van der Waals surface area contributed by atoms with Crippen molar-refractivity contribution in [3.8, 4) is 10.6 Å². The first-order valence-corrected chi connectivity index (χ1v) is 13.3. The van der Waals surface area contributed by atoms with Crippen LogP contribution in [0.1, 0.15) is 32.6 Å². The monoisotopic (exact) mass is 492 g/mol. The van der Waals surface area contributed by atoms with Gasteiger partial charge in [-0.1, -0.05) is 12.1 Å². The van der Waals surface area contributed by atoms with E-state index in [0.717, 1.165) is 32.1 Å². The van der Waals surface area contributed by atoms with Crippen LogP contribution in [-0.2, 0) is 27.8 Å². The van der Waals surface area contributed by atoms with Gasteiger partial charge in [0.2, 0.25) is 15.9 Å². The van der Waals surface area contributed by atoms with Crippen molar-refractivity contribution in [3.63, 3.8) is 0 Å². The topological polar surface area (TPSA) is 117 Å². The van der Waals surface area contributed by atoms with Gasteiger partial charge in [-0.2, -0.15) is 0 Å². The highest BCUT2D eigenvalue weighted by atomic mass is 32.2. The maximum absolute atomic E-state index is 12.6. The summed E-state index contributed by atoms with van der Waals surface area (Å²) < 4.78 is 24.7. The summed E-state index contributed by atoms with van der Waals surface area (Å²) in [5.74, 6) is -0.336. The molecule has 1 aromatic carbocycles. The molecule has 0 aliphatic carbocycles. The smallest absolute Gasteiger partial charge is 0.257 e. The number of nitrogens with zero attached hydrogens (tertiary/aromatic N) is 1. The lowest BCUT2D eigenvalue weighted by molar-refractivity contribution is -0.119. The van der Waals surface area contributed by atoms with E-state index in [4.69, 9.17) is 0 Å². The Morgan fingerprint density at radius 1 is 1.06 bits per heavy atom. The highest BCUT2D eigenvalue weighted by molar-refractivity contribution is 7.88. The number of carbonyl (C=O) groups is 2. The predicted molar refractivity (Wildman–Crippen MR) is 129 cm³/mol. The second-order valence-corrected chi connectivity index (χ2v) is 11.4. The van der Waals surface area contributed by atoms with Crippen LogP contribution in [0.2, 0.25) is 0 Å². The van der Waals surface area contributed by atoms with Crippen molar-refractivity contribution in [1.82, 2.24) is 15.0 Å². The third kappa shape index (κ3) is 6.95. The fraction of sp³-hybridized carbons (Fsp3) is 0.286. The number of thiophene rings is 1. The average Bonchev–Trinajstić information content (AvgIpc) is 3.32. The minimum atomic E-state index is -3.21. The molecule has 0 bridgehead atoms. The normalized spacial score (nSPS) is 11.3. The predicted octanol–water partition coefficient (Wildman–Crippen LogP) is 3.16. The number of sulfonamides is 1. The van der Waals surface area contributed by atoms with Crippen LogP contribution in [0.5, 0.6) is 0 Å². The molecule has 0 unspecified atom stereocenters. The van der Waals surface area contributed by atoms with Crippen molar-refractivity contribution < 1.29 is 18.0 Å². The summed E-state index contributed by atoms with van der Waals surface area (Å²) >= 11 is 2.96. The van der Waals surface area contributed by atoms with Crippen molar-refractivity contribution in [1.29, 1.82) is 0 Å². The van der Waals surface area contributed by atoms with Crippen molar-refractivity contribution in [2.24, 2.45) is 0 Å². The first-order valence-electron chi connectivity index (χ1n) is 9.76. The molecular weight excluding hydrogens is 468 g/mol. The number of anilines is 1. The molecule has 3 aromatic rings. The number of nitrogens with one attached hydrogen (secondary N) is 3. The Hall–Kier alpha value is -2.60. The van der Waals surface area contributed by atoms with E-state index in [1.165, 1.54) is 18.3 Å². The van der Waals surface area contributed by atoms with Gasteiger partial charge in [0.05, 0.1) is 23.4 Å². The molecule has 0 aliphatic rings. The minimum Gasteiger partial charge on any atom is -0.351 e. The number of benzene rings is 1. The Bertz CT molecular complexity index is 1210. The summed E-state index contributed by atoms with van der Waals surface area (Å²) in [5.41, 5.74) is 2.24. The standard InChI is InChI=1S/C21H24N4O4S3/c1-13-19(18-9-8-17(31-18)12-22-14(2)26)24-21(30-13)25-20(27)16-6-4-15(5-7-16)10-11-23-32(3,28)29/h4-9,23H,10-12H2,1-3H3,(H,22,26)(H,24,25,27). The molecule has 2 aromatic heterocycles. The van der Waals surface area contributed by atoms with E-state index < -0.39 is 10.0 Å². The zero-order valence-electron chi connectivity index (χ0n) is 17.9. The summed E-state index contributed by atoms with van der Waals surface area (Å²) in [6.45, 7) is 4.22. The van der Waals surface area contributed by atoms with E-state index in [1.54, 1.807) is 35.6 Å². The molecular formula is C21H24N4O4S3. The van der Waals surface area contributed by atoms with Gasteiger partial charge in [0.1, 0.15) is 0 Å². The second kappa shape index (κ2) is 10.3. The van der Waals surface area contributed by atoms with E-state index in [1.807, 2.05) is 19.1 Å². The fourth-order valence-corrected chi connectivity index (χ4v) is 5.22. The SMILES string of the molecule is CC(=O)NCc1ccc(-c2nc(NC(=O)c3ccc(CCNS(C)(=O)=O)cc3)sc2C)s1. The van der Waals surface area contributed by atoms with Crippen molar-refractivity contribution >= 4 is 49.6 Å². The van der Waals surface area contributed by atoms with E-state index in [-0.39, 0.29) is 11.8 Å². The molecule has 3 N–H and O–H groups in total. The van der Waals surface area contributed by atoms with Gasteiger partial charge >= 0.3 is 0 Å². The molecule has 0 atom stereocenters. The lowest BCUT2D eigenvalue weighted by Crippen LogP contribution is -2.24. The van der Waals surface area contributed by atoms with E-state index in [0.29, 0.717) is 30.2 Å². The maximum Gasteiger partial charge on any atom is 0.257 e. The molecule has 0 spiro atoms. The number of hydrogen-bond donors (Lipinski definition) is 3. The summed E-state index contributed by atoms with van der Waals surface area (Å²) in [6.07, 6.45) is 1.66. The van der Waals surface area contributed by atoms with Crippen LogP contribution in [0, 0.1) is 6.92 Å². The second-order valence-electron chi connectivity index (χ2n) is 7.17. The Balaban J connectivity index is 1.62. The molecule has 0 fully saturated rings. The largest absolute Gasteiger partial charge is 0.351 e. The van der Waals surface area contributed by atoms with Gasteiger partial charge < -0.3 is 5.32 Å². The average molecular weight is 493 g/mol. The molecule has 0 radical (unpaired) electrons. The molecule has 2 heterocycles. The number of amides is 2. The number of aryl methyl sites for hydroxylation is 1. The van der Waals surface area contributed by atoms with Gasteiger partial charge in [0, 0.05) is 28.8 Å². The first-order chi connectivity index (χ1) is 15.1. The van der Waals surface area contributed by atoms with E-state index in [2.05, 4.69) is 20.3 Å². The number of rotatable bonds is 9. The molecule has 170 valence electrons. The van der Waals surface area contributed by atoms with Crippen molar-refractivity contribution in [3.05, 3.63) is 57.3 Å². The summed E-state index contributed by atoms with van der Waals surface area (Å²) in [6, 6.07) is 11.0. The van der Waals surface area contributed by atoms with Crippen LogP contribution in [0.15, 0.2) is 36.4 Å². The van der Waals surface area contributed by atoms with Crippen LogP contribution in [0.3, 0.4) is 0 Å².